The summed E-state index contributed by atoms with van der Waals surface area (Å²) in [5, 5.41) is 5.90. The molecule has 6 rings (SSSR count). The Morgan fingerprint density at radius 1 is 0.812 bits per heavy atom. The Morgan fingerprint density at radius 2 is 1.66 bits per heavy atom. The van der Waals surface area contributed by atoms with Gasteiger partial charge in [0.2, 0.25) is 5.89 Å². The van der Waals surface area contributed by atoms with Gasteiger partial charge in [-0.05, 0) is 53.2 Å². The largest absolute Gasteiger partial charge is 0.451 e. The minimum Gasteiger partial charge on any atom is -0.451 e. The van der Waals surface area contributed by atoms with Crippen LogP contribution in [-0.4, -0.2) is 10.9 Å². The molecule has 0 bridgehead atoms. The molecule has 2 aromatic heterocycles. The lowest BCUT2D eigenvalue weighted by Gasteiger charge is -2.04. The highest BCUT2D eigenvalue weighted by atomic mass is 79.9. The van der Waals surface area contributed by atoms with Gasteiger partial charge in [-0.15, -0.1) is 0 Å². The van der Waals surface area contributed by atoms with E-state index in [0.717, 1.165) is 26.2 Å². The summed E-state index contributed by atoms with van der Waals surface area (Å²) in [6.07, 6.45) is 0. The van der Waals surface area contributed by atoms with Crippen molar-refractivity contribution in [3.05, 3.63) is 95.2 Å². The maximum Gasteiger partial charge on any atom is 0.291 e. The maximum atomic E-state index is 12.7. The molecule has 154 valence electrons. The molecule has 4 aromatic carbocycles. The van der Waals surface area contributed by atoms with E-state index in [0.29, 0.717) is 28.3 Å². The van der Waals surface area contributed by atoms with Crippen molar-refractivity contribution in [1.29, 1.82) is 0 Å². The van der Waals surface area contributed by atoms with Crippen LogP contribution in [-0.2, 0) is 0 Å². The number of amides is 1. The number of fused-ring (bicyclic) bond motifs is 3. The van der Waals surface area contributed by atoms with Gasteiger partial charge in [-0.2, -0.15) is 0 Å². The SMILES string of the molecule is O=C(Nc1ccc2oc(-c3cccc4c(Br)cccc34)nc2c1)c1cc2ccccc2o1. The predicted octanol–water partition coefficient (Wildman–Crippen LogP) is 7.41. The average Bonchev–Trinajstić information content (AvgIpc) is 3.43. The summed E-state index contributed by atoms with van der Waals surface area (Å²) in [5.41, 5.74) is 3.51. The lowest BCUT2D eigenvalue weighted by Crippen LogP contribution is -2.10. The number of carbonyl (C=O) groups excluding carboxylic acids is 1. The van der Waals surface area contributed by atoms with Gasteiger partial charge in [0.1, 0.15) is 11.1 Å². The van der Waals surface area contributed by atoms with Crippen LogP contribution in [0.5, 0.6) is 0 Å². The molecule has 0 radical (unpaired) electrons. The van der Waals surface area contributed by atoms with Crippen LogP contribution in [0.2, 0.25) is 0 Å². The van der Waals surface area contributed by atoms with Gasteiger partial charge < -0.3 is 14.2 Å². The molecule has 5 nitrogen and oxygen atoms in total. The molecule has 0 aliphatic heterocycles. The van der Waals surface area contributed by atoms with Crippen molar-refractivity contribution in [3.8, 4) is 11.5 Å². The first-order chi connectivity index (χ1) is 15.7. The number of nitrogens with zero attached hydrogens (tertiary/aromatic N) is 1. The zero-order chi connectivity index (χ0) is 21.7. The number of anilines is 1. The van der Waals surface area contributed by atoms with Gasteiger partial charge in [0.05, 0.1) is 0 Å². The van der Waals surface area contributed by atoms with E-state index in [-0.39, 0.29) is 11.7 Å². The normalized spacial score (nSPS) is 11.4. The topological polar surface area (TPSA) is 68.3 Å². The number of carbonyl (C=O) groups is 1. The molecule has 6 aromatic rings. The monoisotopic (exact) mass is 482 g/mol. The number of furan rings is 1. The molecule has 0 saturated carbocycles. The van der Waals surface area contributed by atoms with Crippen molar-refractivity contribution >= 4 is 60.4 Å². The number of rotatable bonds is 3. The molecule has 6 heteroatoms. The minimum atomic E-state index is -0.317. The van der Waals surface area contributed by atoms with Crippen molar-refractivity contribution in [1.82, 2.24) is 4.98 Å². The Kier molecular flexibility index (Phi) is 4.33. The fourth-order valence-electron chi connectivity index (χ4n) is 3.86. The molecule has 0 spiro atoms. The van der Waals surface area contributed by atoms with Gasteiger partial charge in [0, 0.05) is 21.1 Å². The Hall–Kier alpha value is -3.90. The Morgan fingerprint density at radius 3 is 2.56 bits per heavy atom. The van der Waals surface area contributed by atoms with E-state index >= 15 is 0 Å². The Balaban J connectivity index is 1.34. The minimum absolute atomic E-state index is 0.258. The molecule has 0 fully saturated rings. The highest BCUT2D eigenvalue weighted by Crippen LogP contribution is 2.34. The van der Waals surface area contributed by atoms with E-state index in [1.807, 2.05) is 54.6 Å². The van der Waals surface area contributed by atoms with E-state index in [4.69, 9.17) is 8.83 Å². The second-order valence-electron chi connectivity index (χ2n) is 7.44. The number of oxazole rings is 1. The van der Waals surface area contributed by atoms with Gasteiger partial charge in [-0.1, -0.05) is 58.4 Å². The lowest BCUT2D eigenvalue weighted by atomic mass is 10.0. The highest BCUT2D eigenvalue weighted by molar-refractivity contribution is 9.10. The van der Waals surface area contributed by atoms with E-state index in [1.165, 1.54) is 0 Å². The first-order valence-corrected chi connectivity index (χ1v) is 10.8. The van der Waals surface area contributed by atoms with Crippen LogP contribution in [0, 0.1) is 0 Å². The quantitative estimate of drug-likeness (QED) is 0.285. The van der Waals surface area contributed by atoms with Crippen LogP contribution >= 0.6 is 15.9 Å². The fraction of sp³-hybridized carbons (Fsp3) is 0. The molecule has 1 amide bonds. The summed E-state index contributed by atoms with van der Waals surface area (Å²) in [5.74, 6) is 0.473. The van der Waals surface area contributed by atoms with Crippen LogP contribution in [0.25, 0.3) is 44.3 Å². The van der Waals surface area contributed by atoms with Crippen molar-refractivity contribution in [2.24, 2.45) is 0 Å². The van der Waals surface area contributed by atoms with Crippen molar-refractivity contribution in [3.63, 3.8) is 0 Å². The summed E-state index contributed by atoms with van der Waals surface area (Å²) >= 11 is 3.60. The van der Waals surface area contributed by atoms with Gasteiger partial charge in [0.25, 0.3) is 5.91 Å². The molecule has 0 saturated heterocycles. The number of nitrogens with one attached hydrogen (secondary N) is 1. The zero-order valence-electron chi connectivity index (χ0n) is 16.6. The van der Waals surface area contributed by atoms with E-state index < -0.39 is 0 Å². The molecule has 0 unspecified atom stereocenters. The third-order valence-electron chi connectivity index (χ3n) is 5.39. The predicted molar refractivity (Wildman–Crippen MR) is 129 cm³/mol. The molecule has 0 aliphatic rings. The molecule has 32 heavy (non-hydrogen) atoms. The summed E-state index contributed by atoms with van der Waals surface area (Å²) in [4.78, 5) is 17.4. The van der Waals surface area contributed by atoms with Crippen molar-refractivity contribution in [2.75, 3.05) is 5.32 Å². The van der Waals surface area contributed by atoms with Crippen LogP contribution < -0.4 is 5.32 Å². The molecule has 2 heterocycles. The second kappa shape index (κ2) is 7.35. The van der Waals surface area contributed by atoms with Crippen LogP contribution in [0.4, 0.5) is 5.69 Å². The first kappa shape index (κ1) is 18.8. The van der Waals surface area contributed by atoms with Gasteiger partial charge in [0.15, 0.2) is 11.3 Å². The smallest absolute Gasteiger partial charge is 0.291 e. The molecule has 0 aliphatic carbocycles. The van der Waals surface area contributed by atoms with Gasteiger partial charge >= 0.3 is 0 Å². The first-order valence-electron chi connectivity index (χ1n) is 10.0. The summed E-state index contributed by atoms with van der Waals surface area (Å²) in [6, 6.07) is 26.7. The number of hydrogen-bond donors (Lipinski definition) is 1. The fourth-order valence-corrected chi connectivity index (χ4v) is 4.36. The average molecular weight is 483 g/mol. The third kappa shape index (κ3) is 3.16. The van der Waals surface area contributed by atoms with E-state index in [1.54, 1.807) is 24.3 Å². The van der Waals surface area contributed by atoms with Crippen LogP contribution in [0.1, 0.15) is 10.6 Å². The number of benzene rings is 4. The maximum absolute atomic E-state index is 12.7. The standard InChI is InChI=1S/C26H15BrN2O3/c27-20-9-4-6-17-18(20)7-3-8-19(17)26-29-21-14-16(11-12-23(21)32-26)28-25(30)24-13-15-5-1-2-10-22(15)31-24/h1-14H,(H,28,30). The van der Waals surface area contributed by atoms with E-state index in [9.17, 15) is 4.79 Å². The number of hydrogen-bond acceptors (Lipinski definition) is 4. The molecular weight excluding hydrogens is 468 g/mol. The summed E-state index contributed by atoms with van der Waals surface area (Å²) < 4.78 is 12.7. The number of halogens is 1. The number of aromatic nitrogens is 1. The molecular formula is C26H15BrN2O3. The second-order valence-corrected chi connectivity index (χ2v) is 8.30. The van der Waals surface area contributed by atoms with Gasteiger partial charge in [-0.3, -0.25) is 4.79 Å². The molecule has 0 atom stereocenters. The molecule has 1 N–H and O–H groups in total. The van der Waals surface area contributed by atoms with E-state index in [2.05, 4.69) is 32.3 Å². The summed E-state index contributed by atoms with van der Waals surface area (Å²) in [7, 11) is 0. The van der Waals surface area contributed by atoms with Crippen molar-refractivity contribution < 1.29 is 13.6 Å². The number of para-hydroxylation sites is 1. The van der Waals surface area contributed by atoms with Crippen LogP contribution in [0.3, 0.4) is 0 Å². The highest BCUT2D eigenvalue weighted by Gasteiger charge is 2.15. The lowest BCUT2D eigenvalue weighted by molar-refractivity contribution is 0.0998. The zero-order valence-corrected chi connectivity index (χ0v) is 18.2. The van der Waals surface area contributed by atoms with Crippen LogP contribution in [0.15, 0.2) is 98.2 Å². The Labute approximate surface area is 190 Å². The summed E-state index contributed by atoms with van der Waals surface area (Å²) in [6.45, 7) is 0. The van der Waals surface area contributed by atoms with Gasteiger partial charge in [-0.25, -0.2) is 4.98 Å². The Bertz CT molecular complexity index is 1610. The van der Waals surface area contributed by atoms with Crippen molar-refractivity contribution in [2.45, 2.75) is 0 Å². The third-order valence-corrected chi connectivity index (χ3v) is 6.09.